The summed E-state index contributed by atoms with van der Waals surface area (Å²) in [5, 5.41) is 10.3. The maximum atomic E-state index is 9.21. The molecule has 2 aromatic rings. The molecule has 2 heterocycles. The van der Waals surface area contributed by atoms with Gasteiger partial charge in [0, 0.05) is 17.8 Å². The number of hydrogen-bond acceptors (Lipinski definition) is 2. The number of nitrogens with zero attached hydrogens (tertiary/aromatic N) is 1. The SMILES string of the molecule is CC(C)c1c(CO)cnc2[nH]ccc12. The summed E-state index contributed by atoms with van der Waals surface area (Å²) >= 11 is 0. The molecule has 3 nitrogen and oxygen atoms in total. The highest BCUT2D eigenvalue weighted by molar-refractivity contribution is 5.81. The minimum absolute atomic E-state index is 0.0572. The average Bonchev–Trinajstić information content (AvgIpc) is 2.62. The average molecular weight is 190 g/mol. The third-order valence-corrected chi connectivity index (χ3v) is 2.46. The molecule has 0 amide bonds. The van der Waals surface area contributed by atoms with Crippen molar-refractivity contribution >= 4 is 11.0 Å². The van der Waals surface area contributed by atoms with E-state index in [9.17, 15) is 5.11 Å². The zero-order chi connectivity index (χ0) is 10.1. The van der Waals surface area contributed by atoms with E-state index < -0.39 is 0 Å². The van der Waals surface area contributed by atoms with E-state index in [0.29, 0.717) is 5.92 Å². The molecule has 0 radical (unpaired) electrons. The molecule has 14 heavy (non-hydrogen) atoms. The van der Waals surface area contributed by atoms with Gasteiger partial charge < -0.3 is 10.1 Å². The molecule has 2 aromatic heterocycles. The second-order valence-electron chi connectivity index (χ2n) is 3.75. The van der Waals surface area contributed by atoms with Gasteiger partial charge in [0.05, 0.1) is 6.61 Å². The van der Waals surface area contributed by atoms with Crippen molar-refractivity contribution in [2.45, 2.75) is 26.4 Å². The molecule has 0 unspecified atom stereocenters. The fourth-order valence-corrected chi connectivity index (χ4v) is 1.88. The number of aliphatic hydroxyl groups excluding tert-OH is 1. The lowest BCUT2D eigenvalue weighted by Crippen LogP contribution is -1.98. The highest BCUT2D eigenvalue weighted by Crippen LogP contribution is 2.26. The molecular formula is C11H14N2O. The Balaban J connectivity index is 2.75. The van der Waals surface area contributed by atoms with Crippen LogP contribution in [-0.4, -0.2) is 15.1 Å². The largest absolute Gasteiger partial charge is 0.392 e. The van der Waals surface area contributed by atoms with Gasteiger partial charge in [-0.05, 0) is 23.1 Å². The Morgan fingerprint density at radius 2 is 2.29 bits per heavy atom. The van der Waals surface area contributed by atoms with E-state index in [2.05, 4.69) is 23.8 Å². The van der Waals surface area contributed by atoms with Crippen molar-refractivity contribution in [3.05, 3.63) is 29.6 Å². The Kier molecular flexibility index (Phi) is 2.25. The van der Waals surface area contributed by atoms with Crippen LogP contribution in [0.4, 0.5) is 0 Å². The summed E-state index contributed by atoms with van der Waals surface area (Å²) in [6, 6.07) is 2.01. The Morgan fingerprint density at radius 1 is 1.50 bits per heavy atom. The van der Waals surface area contributed by atoms with Crippen molar-refractivity contribution in [1.29, 1.82) is 0 Å². The summed E-state index contributed by atoms with van der Waals surface area (Å²) in [6.45, 7) is 4.31. The van der Waals surface area contributed by atoms with Crippen molar-refractivity contribution in [2.24, 2.45) is 0 Å². The van der Waals surface area contributed by atoms with Crippen LogP contribution in [0.2, 0.25) is 0 Å². The second-order valence-corrected chi connectivity index (χ2v) is 3.75. The number of hydrogen-bond donors (Lipinski definition) is 2. The first-order chi connectivity index (χ1) is 6.74. The molecule has 3 heteroatoms. The van der Waals surface area contributed by atoms with Crippen LogP contribution in [-0.2, 0) is 6.61 Å². The number of aliphatic hydroxyl groups is 1. The van der Waals surface area contributed by atoms with Gasteiger partial charge >= 0.3 is 0 Å². The molecule has 2 rings (SSSR count). The number of H-pyrrole nitrogens is 1. The van der Waals surface area contributed by atoms with E-state index in [0.717, 1.165) is 16.6 Å². The monoisotopic (exact) mass is 190 g/mol. The standard InChI is InChI=1S/C11H14N2O/c1-7(2)10-8(6-14)5-13-11-9(10)3-4-12-11/h3-5,7,14H,6H2,1-2H3,(H,12,13). The van der Waals surface area contributed by atoms with Crippen molar-refractivity contribution in [3.8, 4) is 0 Å². The van der Waals surface area contributed by atoms with Gasteiger partial charge in [-0.1, -0.05) is 13.8 Å². The van der Waals surface area contributed by atoms with Gasteiger partial charge in [-0.2, -0.15) is 0 Å². The minimum atomic E-state index is 0.0572. The molecule has 0 aliphatic carbocycles. The Hall–Kier alpha value is -1.35. The Bertz CT molecular complexity index is 445. The zero-order valence-corrected chi connectivity index (χ0v) is 8.41. The van der Waals surface area contributed by atoms with E-state index >= 15 is 0 Å². The van der Waals surface area contributed by atoms with Crippen LogP contribution in [0.5, 0.6) is 0 Å². The maximum Gasteiger partial charge on any atom is 0.137 e. The topological polar surface area (TPSA) is 48.9 Å². The number of aromatic amines is 1. The van der Waals surface area contributed by atoms with E-state index in [1.807, 2.05) is 12.3 Å². The van der Waals surface area contributed by atoms with E-state index in [-0.39, 0.29) is 6.61 Å². The van der Waals surface area contributed by atoms with E-state index in [4.69, 9.17) is 0 Å². The van der Waals surface area contributed by atoms with Gasteiger partial charge in [0.1, 0.15) is 5.65 Å². The van der Waals surface area contributed by atoms with Gasteiger partial charge in [-0.25, -0.2) is 4.98 Å². The fourth-order valence-electron chi connectivity index (χ4n) is 1.88. The third-order valence-electron chi connectivity index (χ3n) is 2.46. The van der Waals surface area contributed by atoms with Crippen LogP contribution in [0.1, 0.15) is 30.9 Å². The summed E-state index contributed by atoms with van der Waals surface area (Å²) in [4.78, 5) is 7.31. The first-order valence-electron chi connectivity index (χ1n) is 4.79. The molecular weight excluding hydrogens is 176 g/mol. The molecule has 2 N–H and O–H groups in total. The van der Waals surface area contributed by atoms with Crippen LogP contribution in [0.25, 0.3) is 11.0 Å². The van der Waals surface area contributed by atoms with Gasteiger partial charge in [0.2, 0.25) is 0 Å². The van der Waals surface area contributed by atoms with Crippen molar-refractivity contribution in [3.63, 3.8) is 0 Å². The highest BCUT2D eigenvalue weighted by Gasteiger charge is 2.11. The van der Waals surface area contributed by atoms with Gasteiger partial charge in [0.15, 0.2) is 0 Å². The summed E-state index contributed by atoms with van der Waals surface area (Å²) in [6.07, 6.45) is 3.62. The summed E-state index contributed by atoms with van der Waals surface area (Å²) in [5.74, 6) is 0.401. The molecule has 0 spiro atoms. The smallest absolute Gasteiger partial charge is 0.137 e. The van der Waals surface area contributed by atoms with Gasteiger partial charge in [0.25, 0.3) is 0 Å². The Labute approximate surface area is 82.8 Å². The predicted octanol–water partition coefficient (Wildman–Crippen LogP) is 2.18. The quantitative estimate of drug-likeness (QED) is 0.762. The van der Waals surface area contributed by atoms with Crippen LogP contribution >= 0.6 is 0 Å². The number of rotatable bonds is 2. The minimum Gasteiger partial charge on any atom is -0.392 e. The summed E-state index contributed by atoms with van der Waals surface area (Å²) in [7, 11) is 0. The van der Waals surface area contributed by atoms with Crippen molar-refractivity contribution in [1.82, 2.24) is 9.97 Å². The molecule has 74 valence electrons. The molecule has 0 bridgehead atoms. The third kappa shape index (κ3) is 1.30. The van der Waals surface area contributed by atoms with Crippen LogP contribution in [0.15, 0.2) is 18.5 Å². The van der Waals surface area contributed by atoms with E-state index in [1.54, 1.807) is 6.20 Å². The molecule has 0 aliphatic rings. The number of nitrogens with one attached hydrogen (secondary N) is 1. The predicted molar refractivity (Wildman–Crippen MR) is 56.1 cm³/mol. The fraction of sp³-hybridized carbons (Fsp3) is 0.364. The number of pyridine rings is 1. The zero-order valence-electron chi connectivity index (χ0n) is 8.41. The number of fused-ring (bicyclic) bond motifs is 1. The lowest BCUT2D eigenvalue weighted by Gasteiger charge is -2.11. The van der Waals surface area contributed by atoms with Crippen molar-refractivity contribution in [2.75, 3.05) is 0 Å². The second kappa shape index (κ2) is 3.42. The lowest BCUT2D eigenvalue weighted by molar-refractivity contribution is 0.280. The van der Waals surface area contributed by atoms with E-state index in [1.165, 1.54) is 5.56 Å². The summed E-state index contributed by atoms with van der Waals surface area (Å²) in [5.41, 5.74) is 3.01. The van der Waals surface area contributed by atoms with Crippen LogP contribution in [0.3, 0.4) is 0 Å². The highest BCUT2D eigenvalue weighted by atomic mass is 16.3. The number of aromatic nitrogens is 2. The first-order valence-corrected chi connectivity index (χ1v) is 4.79. The molecule has 0 aromatic carbocycles. The van der Waals surface area contributed by atoms with Gasteiger partial charge in [-0.15, -0.1) is 0 Å². The lowest BCUT2D eigenvalue weighted by atomic mass is 9.96. The van der Waals surface area contributed by atoms with Crippen LogP contribution < -0.4 is 0 Å². The molecule has 0 fully saturated rings. The summed E-state index contributed by atoms with van der Waals surface area (Å²) < 4.78 is 0. The molecule has 0 saturated heterocycles. The first kappa shape index (κ1) is 9.21. The maximum absolute atomic E-state index is 9.21. The van der Waals surface area contributed by atoms with Crippen molar-refractivity contribution < 1.29 is 5.11 Å². The molecule has 0 saturated carbocycles. The van der Waals surface area contributed by atoms with Crippen LogP contribution in [0, 0.1) is 0 Å². The normalized spacial score (nSPS) is 11.4. The molecule has 0 aliphatic heterocycles. The van der Waals surface area contributed by atoms with Gasteiger partial charge in [-0.3, -0.25) is 0 Å². The Morgan fingerprint density at radius 3 is 2.93 bits per heavy atom. The molecule has 0 atom stereocenters.